The van der Waals surface area contributed by atoms with Crippen molar-refractivity contribution in [3.05, 3.63) is 47.4 Å². The molecule has 2 heterocycles. The zero-order chi connectivity index (χ0) is 18.5. The lowest BCUT2D eigenvalue weighted by atomic mass is 10.2. The lowest BCUT2D eigenvalue weighted by Crippen LogP contribution is -2.43. The van der Waals surface area contributed by atoms with Gasteiger partial charge >= 0.3 is 0 Å². The van der Waals surface area contributed by atoms with E-state index in [9.17, 15) is 4.79 Å². The van der Waals surface area contributed by atoms with E-state index in [2.05, 4.69) is 25.8 Å². The van der Waals surface area contributed by atoms with Gasteiger partial charge in [-0.1, -0.05) is 0 Å². The van der Waals surface area contributed by atoms with Gasteiger partial charge in [0.05, 0.1) is 5.57 Å². The van der Waals surface area contributed by atoms with Gasteiger partial charge in [0.2, 0.25) is 0 Å². The molecular formula is C19H24N6O. The number of amides is 1. The Morgan fingerprint density at radius 2 is 1.92 bits per heavy atom. The highest BCUT2D eigenvalue weighted by atomic mass is 16.1. The average molecular weight is 352 g/mol. The summed E-state index contributed by atoms with van der Waals surface area (Å²) in [5.41, 5.74) is 3.72. The summed E-state index contributed by atoms with van der Waals surface area (Å²) in [4.78, 5) is 19.2. The maximum Gasteiger partial charge on any atom is 0.260 e. The summed E-state index contributed by atoms with van der Waals surface area (Å²) in [5.74, 6) is 0.0381. The molecule has 2 aliphatic heterocycles. The average Bonchev–Trinajstić information content (AvgIpc) is 2.63. The molecule has 0 aromatic heterocycles. The quantitative estimate of drug-likeness (QED) is 0.492. The van der Waals surface area contributed by atoms with Crippen molar-refractivity contribution in [3.63, 3.8) is 0 Å². The number of benzene rings is 1. The zero-order valence-corrected chi connectivity index (χ0v) is 15.1. The molecule has 0 spiro atoms. The number of aliphatic imine (C=N–C) groups is 1. The number of anilines is 2. The first-order valence-electron chi connectivity index (χ1n) is 8.69. The fraction of sp³-hybridized carbons (Fsp3) is 0.316. The van der Waals surface area contributed by atoms with Crippen LogP contribution in [-0.2, 0) is 4.79 Å². The lowest BCUT2D eigenvalue weighted by Gasteiger charge is -2.29. The summed E-state index contributed by atoms with van der Waals surface area (Å²) in [5, 5.41) is 16.8. The number of rotatable bonds is 4. The van der Waals surface area contributed by atoms with Crippen LogP contribution in [0.3, 0.4) is 0 Å². The molecule has 1 fully saturated rings. The fourth-order valence-corrected chi connectivity index (χ4v) is 3.02. The van der Waals surface area contributed by atoms with E-state index in [0.29, 0.717) is 11.5 Å². The van der Waals surface area contributed by atoms with E-state index >= 15 is 0 Å². The Bertz CT molecular complexity index is 785. The van der Waals surface area contributed by atoms with Crippen molar-refractivity contribution in [3.8, 4) is 0 Å². The lowest BCUT2D eigenvalue weighted by molar-refractivity contribution is -0.112. The van der Waals surface area contributed by atoms with E-state index in [-0.39, 0.29) is 11.5 Å². The fourth-order valence-electron chi connectivity index (χ4n) is 3.02. The molecule has 0 bridgehead atoms. The van der Waals surface area contributed by atoms with Crippen molar-refractivity contribution < 1.29 is 4.79 Å². The van der Waals surface area contributed by atoms with E-state index in [1.165, 1.54) is 0 Å². The SMILES string of the molecule is CC1=CC(C)=N/C(=C(/C=N)C(=O)Nc2ccc(N3CCNCC3)cc2)N1. The highest BCUT2D eigenvalue weighted by molar-refractivity contribution is 6.18. The number of piperazine rings is 1. The summed E-state index contributed by atoms with van der Waals surface area (Å²) in [6, 6.07) is 7.78. The first-order chi connectivity index (χ1) is 12.6. The first kappa shape index (κ1) is 17.9. The molecule has 1 aromatic rings. The second-order valence-electron chi connectivity index (χ2n) is 6.35. The molecular weight excluding hydrogens is 328 g/mol. The van der Waals surface area contributed by atoms with E-state index < -0.39 is 0 Å². The number of hydrogen-bond donors (Lipinski definition) is 4. The molecule has 1 saturated heterocycles. The van der Waals surface area contributed by atoms with Crippen molar-refractivity contribution in [1.29, 1.82) is 5.41 Å². The van der Waals surface area contributed by atoms with Crippen molar-refractivity contribution in [1.82, 2.24) is 10.6 Å². The van der Waals surface area contributed by atoms with Gasteiger partial charge in [-0.05, 0) is 44.2 Å². The molecule has 26 heavy (non-hydrogen) atoms. The molecule has 0 radical (unpaired) electrons. The van der Waals surface area contributed by atoms with Crippen molar-refractivity contribution >= 4 is 29.2 Å². The maximum absolute atomic E-state index is 12.6. The van der Waals surface area contributed by atoms with E-state index in [0.717, 1.165) is 49.5 Å². The summed E-state index contributed by atoms with van der Waals surface area (Å²) >= 11 is 0. The molecule has 0 aliphatic carbocycles. The minimum absolute atomic E-state index is 0.197. The van der Waals surface area contributed by atoms with Crippen molar-refractivity contribution in [2.24, 2.45) is 4.99 Å². The number of nitrogens with zero attached hydrogens (tertiary/aromatic N) is 2. The van der Waals surface area contributed by atoms with Crippen LogP contribution in [0.15, 0.2) is 52.4 Å². The molecule has 136 valence electrons. The largest absolute Gasteiger partial charge is 0.369 e. The number of nitrogens with one attached hydrogen (secondary N) is 4. The Balaban J connectivity index is 1.72. The molecule has 0 saturated carbocycles. The summed E-state index contributed by atoms with van der Waals surface area (Å²) in [7, 11) is 0. The third kappa shape index (κ3) is 4.18. The van der Waals surface area contributed by atoms with Gasteiger partial charge in [-0.15, -0.1) is 0 Å². The standard InChI is InChI=1S/C19H24N6O/c1-13-11-14(2)23-18(22-13)17(12-20)19(26)24-15-3-5-16(6-4-15)25-9-7-21-8-10-25/h3-6,11-12,20-22H,7-10H2,1-2H3,(H,24,26)/b18-17-,20-12?. The predicted molar refractivity (Wildman–Crippen MR) is 106 cm³/mol. The van der Waals surface area contributed by atoms with E-state index in [4.69, 9.17) is 5.41 Å². The Kier molecular flexibility index (Phi) is 5.48. The second-order valence-corrected chi connectivity index (χ2v) is 6.35. The first-order valence-corrected chi connectivity index (χ1v) is 8.69. The molecule has 3 rings (SSSR count). The van der Waals surface area contributed by atoms with Gasteiger partial charge in [0, 0.05) is 55.2 Å². The molecule has 1 aromatic carbocycles. The molecule has 4 N–H and O–H groups in total. The minimum atomic E-state index is -0.358. The Morgan fingerprint density at radius 3 is 2.54 bits per heavy atom. The third-order valence-electron chi connectivity index (χ3n) is 4.28. The van der Waals surface area contributed by atoms with Crippen LogP contribution in [0.4, 0.5) is 11.4 Å². The Labute approximate surface area is 153 Å². The van der Waals surface area contributed by atoms with Gasteiger partial charge in [-0.25, -0.2) is 4.99 Å². The molecule has 1 amide bonds. The maximum atomic E-state index is 12.6. The van der Waals surface area contributed by atoms with Gasteiger partial charge in [0.1, 0.15) is 5.82 Å². The van der Waals surface area contributed by atoms with Crippen LogP contribution in [0.5, 0.6) is 0 Å². The van der Waals surface area contributed by atoms with Gasteiger partial charge in [0.15, 0.2) is 0 Å². The predicted octanol–water partition coefficient (Wildman–Crippen LogP) is 1.86. The number of hydrogen-bond acceptors (Lipinski definition) is 6. The molecule has 7 heteroatoms. The number of carbonyl (C=O) groups excluding carboxylic acids is 1. The Morgan fingerprint density at radius 1 is 1.23 bits per heavy atom. The topological polar surface area (TPSA) is 92.6 Å². The van der Waals surface area contributed by atoms with Crippen LogP contribution >= 0.6 is 0 Å². The minimum Gasteiger partial charge on any atom is -0.369 e. The van der Waals surface area contributed by atoms with Gasteiger partial charge in [-0.3, -0.25) is 4.79 Å². The van der Waals surface area contributed by atoms with Crippen LogP contribution in [0.1, 0.15) is 13.8 Å². The number of allylic oxidation sites excluding steroid dienone is 2. The summed E-state index contributed by atoms with van der Waals surface area (Å²) in [6.45, 7) is 7.67. The normalized spacial score (nSPS) is 19.1. The summed E-state index contributed by atoms with van der Waals surface area (Å²) in [6.07, 6.45) is 2.92. The van der Waals surface area contributed by atoms with Crippen molar-refractivity contribution in [2.75, 3.05) is 36.4 Å². The van der Waals surface area contributed by atoms with Gasteiger partial charge in [-0.2, -0.15) is 0 Å². The van der Waals surface area contributed by atoms with Crippen LogP contribution in [0, 0.1) is 5.41 Å². The van der Waals surface area contributed by atoms with Gasteiger partial charge < -0.3 is 26.3 Å². The molecule has 2 aliphatic rings. The van der Waals surface area contributed by atoms with Gasteiger partial charge in [0.25, 0.3) is 5.91 Å². The van der Waals surface area contributed by atoms with Crippen molar-refractivity contribution in [2.45, 2.75) is 13.8 Å². The van der Waals surface area contributed by atoms with E-state index in [1.807, 2.05) is 44.2 Å². The summed E-state index contributed by atoms with van der Waals surface area (Å²) < 4.78 is 0. The second kappa shape index (κ2) is 7.97. The number of carbonyl (C=O) groups is 1. The van der Waals surface area contributed by atoms with Crippen LogP contribution < -0.4 is 20.9 Å². The zero-order valence-electron chi connectivity index (χ0n) is 15.1. The third-order valence-corrected chi connectivity index (χ3v) is 4.28. The van der Waals surface area contributed by atoms with E-state index in [1.54, 1.807) is 0 Å². The molecule has 7 nitrogen and oxygen atoms in total. The Hall–Kier alpha value is -2.93. The molecule has 0 atom stereocenters. The smallest absolute Gasteiger partial charge is 0.260 e. The van der Waals surface area contributed by atoms with Crippen LogP contribution in [-0.4, -0.2) is 44.0 Å². The van der Waals surface area contributed by atoms with Crippen LogP contribution in [0.25, 0.3) is 0 Å². The molecule has 0 unspecified atom stereocenters. The monoisotopic (exact) mass is 352 g/mol. The highest BCUT2D eigenvalue weighted by Gasteiger charge is 2.17. The van der Waals surface area contributed by atoms with Crippen LogP contribution in [0.2, 0.25) is 0 Å². The highest BCUT2D eigenvalue weighted by Crippen LogP contribution is 2.19.